The minimum atomic E-state index is -2.95. The van der Waals surface area contributed by atoms with Crippen LogP contribution >= 0.6 is 11.3 Å². The first-order valence-electron chi connectivity index (χ1n) is 8.09. The highest BCUT2D eigenvalue weighted by Crippen LogP contribution is 2.29. The maximum Gasteiger partial charge on any atom is 0.387 e. The molecule has 0 aliphatic carbocycles. The van der Waals surface area contributed by atoms with Gasteiger partial charge in [0.25, 0.3) is 5.91 Å². The van der Waals surface area contributed by atoms with Crippen LogP contribution in [0.3, 0.4) is 0 Å². The number of hydrogen-bond donors (Lipinski definition) is 2. The summed E-state index contributed by atoms with van der Waals surface area (Å²) in [6, 6.07) is 12.0. The van der Waals surface area contributed by atoms with E-state index in [9.17, 15) is 13.6 Å². The first-order valence-corrected chi connectivity index (χ1v) is 8.91. The third-order valence-corrected chi connectivity index (χ3v) is 4.49. The Balaban J connectivity index is 1.52. The molecule has 1 heterocycles. The lowest BCUT2D eigenvalue weighted by atomic mass is 10.2. The van der Waals surface area contributed by atoms with Crippen molar-refractivity contribution in [3.63, 3.8) is 0 Å². The minimum absolute atomic E-state index is 0.00164. The van der Waals surface area contributed by atoms with Crippen molar-refractivity contribution in [2.45, 2.75) is 6.61 Å². The van der Waals surface area contributed by atoms with E-state index in [1.165, 1.54) is 42.9 Å². The molecule has 0 saturated carbocycles. The third-order valence-electron chi connectivity index (χ3n) is 3.50. The highest BCUT2D eigenvalue weighted by atomic mass is 32.1. The molecular weight excluding hydrogens is 390 g/mol. The Kier molecular flexibility index (Phi) is 6.33. The van der Waals surface area contributed by atoms with Crippen LogP contribution in [0.1, 0.15) is 5.56 Å². The van der Waals surface area contributed by atoms with Gasteiger partial charge in [-0.3, -0.25) is 4.79 Å². The number of aromatic nitrogens is 1. The number of benzene rings is 2. The van der Waals surface area contributed by atoms with Crippen molar-refractivity contribution in [3.05, 3.63) is 48.0 Å². The second-order valence-electron chi connectivity index (χ2n) is 5.42. The Morgan fingerprint density at radius 1 is 1.29 bits per heavy atom. The van der Waals surface area contributed by atoms with E-state index in [-0.39, 0.29) is 24.0 Å². The molecule has 0 saturated heterocycles. The summed E-state index contributed by atoms with van der Waals surface area (Å²) in [7, 11) is 1.34. The molecule has 3 aromatic rings. The maximum atomic E-state index is 12.3. The van der Waals surface area contributed by atoms with Crippen LogP contribution in [-0.4, -0.2) is 37.4 Å². The van der Waals surface area contributed by atoms with Gasteiger partial charge in [0.15, 0.2) is 16.6 Å². The van der Waals surface area contributed by atoms with Gasteiger partial charge in [0.2, 0.25) is 0 Å². The molecule has 0 radical (unpaired) electrons. The van der Waals surface area contributed by atoms with E-state index in [0.717, 1.165) is 10.2 Å². The smallest absolute Gasteiger partial charge is 0.387 e. The topological polar surface area (TPSA) is 84.8 Å². The van der Waals surface area contributed by atoms with E-state index >= 15 is 0 Å². The second-order valence-corrected chi connectivity index (χ2v) is 6.45. The van der Waals surface area contributed by atoms with E-state index in [0.29, 0.717) is 10.7 Å². The predicted molar refractivity (Wildman–Crippen MR) is 103 cm³/mol. The van der Waals surface area contributed by atoms with Crippen molar-refractivity contribution in [2.75, 3.05) is 19.0 Å². The number of rotatable bonds is 8. The van der Waals surface area contributed by atoms with Crippen LogP contribution in [0.15, 0.2) is 47.6 Å². The Morgan fingerprint density at radius 2 is 2.11 bits per heavy atom. The van der Waals surface area contributed by atoms with Gasteiger partial charge in [-0.1, -0.05) is 23.5 Å². The predicted octanol–water partition coefficient (Wildman–Crippen LogP) is 3.47. The fourth-order valence-electron chi connectivity index (χ4n) is 2.28. The molecule has 2 N–H and O–H groups in total. The Hall–Kier alpha value is -3.27. The van der Waals surface area contributed by atoms with Gasteiger partial charge in [-0.05, 0) is 35.9 Å². The molecule has 7 nitrogen and oxygen atoms in total. The normalized spacial score (nSPS) is 11.1. The molecule has 3 rings (SSSR count). The summed E-state index contributed by atoms with van der Waals surface area (Å²) in [5.41, 5.74) is 3.77. The molecule has 146 valence electrons. The van der Waals surface area contributed by atoms with Gasteiger partial charge in [0, 0.05) is 0 Å². The van der Waals surface area contributed by atoms with Gasteiger partial charge in [0.05, 0.1) is 30.1 Å². The fourth-order valence-corrected chi connectivity index (χ4v) is 3.14. The Labute approximate surface area is 163 Å². The zero-order valence-corrected chi connectivity index (χ0v) is 15.5. The summed E-state index contributed by atoms with van der Waals surface area (Å²) in [6.07, 6.45) is 1.37. The molecular formula is C18H16F2N4O3S. The molecule has 1 amide bonds. The van der Waals surface area contributed by atoms with Crippen LogP contribution in [-0.2, 0) is 4.79 Å². The van der Waals surface area contributed by atoms with Crippen LogP contribution in [0.25, 0.3) is 10.2 Å². The van der Waals surface area contributed by atoms with E-state index in [1.807, 2.05) is 24.3 Å². The van der Waals surface area contributed by atoms with Gasteiger partial charge < -0.3 is 14.8 Å². The lowest BCUT2D eigenvalue weighted by Crippen LogP contribution is -2.25. The van der Waals surface area contributed by atoms with Crippen molar-refractivity contribution in [3.8, 4) is 11.5 Å². The molecule has 0 atom stereocenters. The van der Waals surface area contributed by atoms with E-state index in [1.54, 1.807) is 0 Å². The number of carbonyl (C=O) groups is 1. The van der Waals surface area contributed by atoms with Crippen LogP contribution < -0.4 is 20.2 Å². The van der Waals surface area contributed by atoms with Crippen molar-refractivity contribution < 1.29 is 23.0 Å². The molecule has 10 heteroatoms. The maximum absolute atomic E-state index is 12.3. The number of amides is 1. The number of thiazole rings is 1. The lowest BCUT2D eigenvalue weighted by Gasteiger charge is -2.09. The van der Waals surface area contributed by atoms with Gasteiger partial charge in [0.1, 0.15) is 0 Å². The first kappa shape index (κ1) is 19.5. The van der Waals surface area contributed by atoms with Crippen LogP contribution in [0, 0.1) is 0 Å². The Morgan fingerprint density at radius 3 is 2.86 bits per heavy atom. The number of carbonyl (C=O) groups excluding carboxylic acids is 1. The fraction of sp³-hybridized carbons (Fsp3) is 0.167. The number of hydrogen-bond acceptors (Lipinski definition) is 7. The largest absolute Gasteiger partial charge is 0.493 e. The van der Waals surface area contributed by atoms with Crippen molar-refractivity contribution in [1.29, 1.82) is 0 Å². The van der Waals surface area contributed by atoms with Gasteiger partial charge in [-0.25, -0.2) is 10.4 Å². The average Bonchev–Trinajstić information content (AvgIpc) is 3.10. The lowest BCUT2D eigenvalue weighted by molar-refractivity contribution is -0.119. The molecule has 0 aliphatic rings. The number of halogens is 2. The number of ether oxygens (including phenoxy) is 2. The zero-order valence-electron chi connectivity index (χ0n) is 14.7. The van der Waals surface area contributed by atoms with Crippen molar-refractivity contribution >= 4 is 38.8 Å². The highest BCUT2D eigenvalue weighted by Gasteiger charge is 2.10. The summed E-state index contributed by atoms with van der Waals surface area (Å²) in [5.74, 6) is -0.313. The van der Waals surface area contributed by atoms with Crippen molar-refractivity contribution in [1.82, 2.24) is 10.4 Å². The summed E-state index contributed by atoms with van der Waals surface area (Å²) in [6.45, 7) is -2.95. The molecule has 28 heavy (non-hydrogen) atoms. The molecule has 0 unspecified atom stereocenters. The number of para-hydroxylation sites is 1. The standard InChI is InChI=1S/C18H16F2N4O3S/c1-26-14-8-11(6-7-13(14)27-17(19)20)9-22-24-16(25)10-21-18-23-12-4-2-3-5-15(12)28-18/h2-9,17H,10H2,1H3,(H,21,23)(H,24,25)/b22-9-. The van der Waals surface area contributed by atoms with Crippen LogP contribution in [0.4, 0.5) is 13.9 Å². The number of nitrogens with zero attached hydrogens (tertiary/aromatic N) is 2. The molecule has 0 aliphatic heterocycles. The molecule has 0 spiro atoms. The summed E-state index contributed by atoms with van der Waals surface area (Å²) >= 11 is 1.45. The first-order chi connectivity index (χ1) is 13.5. The van der Waals surface area contributed by atoms with Crippen LogP contribution in [0.5, 0.6) is 11.5 Å². The number of fused-ring (bicyclic) bond motifs is 1. The van der Waals surface area contributed by atoms with Crippen molar-refractivity contribution in [2.24, 2.45) is 5.10 Å². The Bertz CT molecular complexity index is 961. The highest BCUT2D eigenvalue weighted by molar-refractivity contribution is 7.22. The summed E-state index contributed by atoms with van der Waals surface area (Å²) in [4.78, 5) is 16.3. The quantitative estimate of drug-likeness (QED) is 0.442. The van der Waals surface area contributed by atoms with Gasteiger partial charge in [-0.15, -0.1) is 0 Å². The minimum Gasteiger partial charge on any atom is -0.493 e. The third kappa shape index (κ3) is 5.13. The molecule has 2 aromatic carbocycles. The average molecular weight is 406 g/mol. The van der Waals surface area contributed by atoms with Crippen LogP contribution in [0.2, 0.25) is 0 Å². The van der Waals surface area contributed by atoms with E-state index in [2.05, 4.69) is 25.6 Å². The number of anilines is 1. The summed E-state index contributed by atoms with van der Waals surface area (Å²) < 4.78 is 35.0. The zero-order chi connectivity index (χ0) is 19.9. The number of alkyl halides is 2. The SMILES string of the molecule is COc1cc(/C=N\NC(=O)CNc2nc3ccccc3s2)ccc1OC(F)F. The number of nitrogens with one attached hydrogen (secondary N) is 2. The van der Waals surface area contributed by atoms with Gasteiger partial charge >= 0.3 is 6.61 Å². The molecule has 0 fully saturated rings. The second kappa shape index (κ2) is 9.09. The monoisotopic (exact) mass is 406 g/mol. The molecule has 1 aromatic heterocycles. The van der Waals surface area contributed by atoms with E-state index in [4.69, 9.17) is 4.74 Å². The number of methoxy groups -OCH3 is 1. The summed E-state index contributed by atoms with van der Waals surface area (Å²) in [5, 5.41) is 7.42. The van der Waals surface area contributed by atoms with Gasteiger partial charge in [-0.2, -0.15) is 13.9 Å². The van der Waals surface area contributed by atoms with E-state index < -0.39 is 6.61 Å². The molecule has 0 bridgehead atoms. The number of hydrazone groups is 1.